The van der Waals surface area contributed by atoms with Crippen LogP contribution in [0.25, 0.3) is 22.8 Å². The molecule has 0 aliphatic rings. The molecule has 0 radical (unpaired) electrons. The monoisotopic (exact) mass is 379 g/mol. The summed E-state index contributed by atoms with van der Waals surface area (Å²) in [6, 6.07) is 14.2. The maximum absolute atomic E-state index is 13.6. The molecule has 0 spiro atoms. The smallest absolute Gasteiger partial charge is 0.202 e. The van der Waals surface area contributed by atoms with Gasteiger partial charge in [-0.05, 0) is 48.5 Å². The van der Waals surface area contributed by atoms with Crippen LogP contribution in [0.4, 0.5) is 24.7 Å². The van der Waals surface area contributed by atoms with Crippen molar-refractivity contribution < 1.29 is 13.2 Å². The summed E-state index contributed by atoms with van der Waals surface area (Å²) < 4.78 is 40.1. The molecule has 0 bridgehead atoms. The van der Waals surface area contributed by atoms with Gasteiger partial charge in [0.25, 0.3) is 0 Å². The normalized spacial score (nSPS) is 10.7. The van der Waals surface area contributed by atoms with E-state index in [4.69, 9.17) is 0 Å². The summed E-state index contributed by atoms with van der Waals surface area (Å²) in [5, 5.41) is 11.2. The second kappa shape index (κ2) is 7.43. The zero-order valence-electron chi connectivity index (χ0n) is 14.3. The third-order valence-corrected chi connectivity index (χ3v) is 3.88. The number of aromatic nitrogens is 4. The van der Waals surface area contributed by atoms with Crippen molar-refractivity contribution in [1.82, 2.24) is 20.2 Å². The minimum atomic E-state index is -1.000. The van der Waals surface area contributed by atoms with Crippen molar-refractivity contribution >= 4 is 11.5 Å². The van der Waals surface area contributed by atoms with Crippen molar-refractivity contribution in [3.8, 4) is 22.8 Å². The number of nitrogens with one attached hydrogen (secondary N) is 1. The number of hydrogen-bond donors (Lipinski definition) is 1. The molecule has 4 aromatic rings. The highest BCUT2D eigenvalue weighted by Gasteiger charge is 2.14. The van der Waals surface area contributed by atoms with Crippen molar-refractivity contribution in [3.05, 3.63) is 84.3 Å². The van der Waals surface area contributed by atoms with Crippen LogP contribution in [0, 0.1) is 17.5 Å². The highest BCUT2D eigenvalue weighted by atomic mass is 19.2. The fourth-order valence-corrected chi connectivity index (χ4v) is 2.53. The minimum Gasteiger partial charge on any atom is -0.338 e. The highest BCUT2D eigenvalue weighted by molar-refractivity contribution is 5.75. The molecule has 28 heavy (non-hydrogen) atoms. The Kier molecular flexibility index (Phi) is 4.67. The molecule has 138 valence electrons. The predicted octanol–water partition coefficient (Wildman–Crippen LogP) is 4.76. The fourth-order valence-electron chi connectivity index (χ4n) is 2.53. The molecule has 0 fully saturated rings. The molecule has 0 saturated carbocycles. The molecular formula is C20H12F3N5. The molecule has 0 aliphatic carbocycles. The Morgan fingerprint density at radius 1 is 0.786 bits per heavy atom. The van der Waals surface area contributed by atoms with Crippen LogP contribution in [-0.4, -0.2) is 20.2 Å². The van der Waals surface area contributed by atoms with Crippen LogP contribution >= 0.6 is 0 Å². The molecule has 0 saturated heterocycles. The average Bonchev–Trinajstić information content (AvgIpc) is 2.72. The minimum absolute atomic E-state index is 0.244. The van der Waals surface area contributed by atoms with Crippen molar-refractivity contribution in [2.45, 2.75) is 0 Å². The Morgan fingerprint density at radius 3 is 2.32 bits per heavy atom. The Bertz CT molecular complexity index is 1120. The number of nitrogens with zero attached hydrogens (tertiary/aromatic N) is 4. The Hall–Kier alpha value is -3.81. The van der Waals surface area contributed by atoms with Gasteiger partial charge in [0.15, 0.2) is 17.5 Å². The molecule has 2 heterocycles. The maximum atomic E-state index is 13.6. The van der Waals surface area contributed by atoms with E-state index in [-0.39, 0.29) is 17.3 Å². The summed E-state index contributed by atoms with van der Waals surface area (Å²) in [7, 11) is 0. The van der Waals surface area contributed by atoms with Gasteiger partial charge in [0.2, 0.25) is 5.82 Å². The van der Waals surface area contributed by atoms with Gasteiger partial charge in [0.05, 0.1) is 0 Å². The largest absolute Gasteiger partial charge is 0.338 e. The molecule has 8 heteroatoms. The van der Waals surface area contributed by atoms with Crippen LogP contribution in [-0.2, 0) is 0 Å². The lowest BCUT2D eigenvalue weighted by Gasteiger charge is -2.11. The van der Waals surface area contributed by atoms with E-state index in [1.54, 1.807) is 24.4 Å². The summed E-state index contributed by atoms with van der Waals surface area (Å²) >= 11 is 0. The number of pyridine rings is 1. The molecule has 4 rings (SSSR count). The molecule has 1 N–H and O–H groups in total. The summed E-state index contributed by atoms with van der Waals surface area (Å²) in [5.41, 5.74) is 1.65. The van der Waals surface area contributed by atoms with Gasteiger partial charge in [-0.3, -0.25) is 4.98 Å². The SMILES string of the molecule is Fc1ccc(-c2nnc(-c3ccccn3)nc2Nc2ccc(F)c(F)c2)cc1. The van der Waals surface area contributed by atoms with Gasteiger partial charge in [-0.2, -0.15) is 0 Å². The lowest BCUT2D eigenvalue weighted by molar-refractivity contribution is 0.509. The third-order valence-electron chi connectivity index (χ3n) is 3.88. The first-order valence-electron chi connectivity index (χ1n) is 8.24. The van der Waals surface area contributed by atoms with Gasteiger partial charge in [0.1, 0.15) is 17.2 Å². The van der Waals surface area contributed by atoms with E-state index in [1.807, 2.05) is 0 Å². The molecule has 2 aromatic heterocycles. The molecule has 5 nitrogen and oxygen atoms in total. The van der Waals surface area contributed by atoms with Crippen molar-refractivity contribution in [3.63, 3.8) is 0 Å². The first kappa shape index (κ1) is 17.6. The van der Waals surface area contributed by atoms with Gasteiger partial charge in [-0.25, -0.2) is 18.2 Å². The van der Waals surface area contributed by atoms with Crippen LogP contribution in [0.2, 0.25) is 0 Å². The maximum Gasteiger partial charge on any atom is 0.202 e. The predicted molar refractivity (Wildman–Crippen MR) is 98.1 cm³/mol. The van der Waals surface area contributed by atoms with Gasteiger partial charge < -0.3 is 5.32 Å². The molecule has 0 atom stereocenters. The van der Waals surface area contributed by atoms with Gasteiger partial charge in [0, 0.05) is 23.5 Å². The van der Waals surface area contributed by atoms with Crippen molar-refractivity contribution in [1.29, 1.82) is 0 Å². The zero-order chi connectivity index (χ0) is 19.5. The number of rotatable bonds is 4. The van der Waals surface area contributed by atoms with E-state index in [9.17, 15) is 13.2 Å². The third kappa shape index (κ3) is 3.66. The van der Waals surface area contributed by atoms with Crippen LogP contribution in [0.5, 0.6) is 0 Å². The van der Waals surface area contributed by atoms with Crippen LogP contribution in [0.15, 0.2) is 66.9 Å². The van der Waals surface area contributed by atoms with Crippen LogP contribution < -0.4 is 5.32 Å². The summed E-state index contributed by atoms with van der Waals surface area (Å²) in [6.07, 6.45) is 1.59. The standard InChI is InChI=1S/C20H12F3N5/c21-13-6-4-12(5-7-13)18-20(25-14-8-9-15(22)16(23)11-14)26-19(28-27-18)17-3-1-2-10-24-17/h1-11H,(H,25,26,28). The second-order valence-corrected chi connectivity index (χ2v) is 5.81. The van der Waals surface area contributed by atoms with E-state index in [0.717, 1.165) is 12.1 Å². The Morgan fingerprint density at radius 2 is 1.61 bits per heavy atom. The van der Waals surface area contributed by atoms with Gasteiger partial charge >= 0.3 is 0 Å². The summed E-state index contributed by atoms with van der Waals surface area (Å²) in [6.45, 7) is 0. The lowest BCUT2D eigenvalue weighted by Crippen LogP contribution is -2.04. The van der Waals surface area contributed by atoms with Gasteiger partial charge in [-0.1, -0.05) is 6.07 Å². The number of hydrogen-bond acceptors (Lipinski definition) is 5. The van der Waals surface area contributed by atoms with E-state index >= 15 is 0 Å². The van der Waals surface area contributed by atoms with Crippen molar-refractivity contribution in [2.75, 3.05) is 5.32 Å². The lowest BCUT2D eigenvalue weighted by atomic mass is 10.1. The topological polar surface area (TPSA) is 63.6 Å². The van der Waals surface area contributed by atoms with Crippen LogP contribution in [0.3, 0.4) is 0 Å². The quantitative estimate of drug-likeness (QED) is 0.554. The summed E-state index contributed by atoms with van der Waals surface area (Å²) in [5.74, 6) is -1.87. The van der Waals surface area contributed by atoms with E-state index < -0.39 is 17.5 Å². The first-order chi connectivity index (χ1) is 13.6. The number of halogens is 3. The first-order valence-corrected chi connectivity index (χ1v) is 8.24. The molecule has 0 unspecified atom stereocenters. The van der Waals surface area contributed by atoms with Gasteiger partial charge in [-0.15, -0.1) is 10.2 Å². The van der Waals surface area contributed by atoms with E-state index in [2.05, 4.69) is 25.5 Å². The number of anilines is 2. The molecule has 0 amide bonds. The zero-order valence-corrected chi connectivity index (χ0v) is 14.3. The molecular weight excluding hydrogens is 367 g/mol. The van der Waals surface area contributed by atoms with Crippen LogP contribution in [0.1, 0.15) is 0 Å². The fraction of sp³-hybridized carbons (Fsp3) is 0. The highest BCUT2D eigenvalue weighted by Crippen LogP contribution is 2.28. The molecule has 2 aromatic carbocycles. The van der Waals surface area contributed by atoms with E-state index in [1.165, 1.54) is 30.3 Å². The summed E-state index contributed by atoms with van der Waals surface area (Å²) in [4.78, 5) is 8.62. The second-order valence-electron chi connectivity index (χ2n) is 5.81. The molecule has 0 aliphatic heterocycles. The van der Waals surface area contributed by atoms with Crippen molar-refractivity contribution in [2.24, 2.45) is 0 Å². The Balaban J connectivity index is 1.81. The Labute approximate surface area is 157 Å². The van der Waals surface area contributed by atoms with E-state index in [0.29, 0.717) is 17.0 Å². The number of benzene rings is 2. The average molecular weight is 379 g/mol.